The molecule has 0 spiro atoms. The second-order valence-electron chi connectivity index (χ2n) is 3.91. The van der Waals surface area contributed by atoms with E-state index in [2.05, 4.69) is 19.2 Å². The van der Waals surface area contributed by atoms with Crippen molar-refractivity contribution in [1.29, 1.82) is 0 Å². The monoisotopic (exact) mass is 184 g/mol. The molecule has 1 saturated carbocycles. The highest BCUT2D eigenvalue weighted by molar-refractivity contribution is 5.82. The summed E-state index contributed by atoms with van der Waals surface area (Å²) in [5.41, 5.74) is 5.60. The van der Waals surface area contributed by atoms with Crippen molar-refractivity contribution in [3.8, 4) is 0 Å². The molecule has 76 valence electrons. The Hall–Kier alpha value is -0.570. The summed E-state index contributed by atoms with van der Waals surface area (Å²) in [6.07, 6.45) is 4.08. The molecule has 3 atom stereocenters. The molecule has 0 aromatic carbocycles. The van der Waals surface area contributed by atoms with Gasteiger partial charge in [0.05, 0.1) is 5.92 Å². The van der Waals surface area contributed by atoms with Gasteiger partial charge >= 0.3 is 0 Å². The first-order chi connectivity index (χ1) is 6.19. The molecule has 3 nitrogen and oxygen atoms in total. The van der Waals surface area contributed by atoms with Crippen LogP contribution in [0.5, 0.6) is 0 Å². The van der Waals surface area contributed by atoms with Gasteiger partial charge in [0.25, 0.3) is 0 Å². The van der Waals surface area contributed by atoms with Crippen LogP contribution in [-0.2, 0) is 4.79 Å². The second kappa shape index (κ2) is 4.61. The maximum absolute atomic E-state index is 11.5. The van der Waals surface area contributed by atoms with E-state index in [1.807, 2.05) is 0 Å². The molecule has 1 amide bonds. The lowest BCUT2D eigenvalue weighted by Crippen LogP contribution is -2.36. The molecule has 1 aliphatic carbocycles. The lowest BCUT2D eigenvalue weighted by Gasteiger charge is -2.15. The van der Waals surface area contributed by atoms with Gasteiger partial charge in [-0.05, 0) is 19.3 Å². The SMILES string of the molecule is CCCC(CC)NC(=O)C1CC1N. The van der Waals surface area contributed by atoms with Crippen molar-refractivity contribution in [2.75, 3.05) is 0 Å². The third-order valence-corrected chi connectivity index (χ3v) is 2.65. The van der Waals surface area contributed by atoms with Crippen molar-refractivity contribution in [2.24, 2.45) is 11.7 Å². The average molecular weight is 184 g/mol. The van der Waals surface area contributed by atoms with Gasteiger partial charge in [-0.15, -0.1) is 0 Å². The van der Waals surface area contributed by atoms with Crippen LogP contribution < -0.4 is 11.1 Å². The van der Waals surface area contributed by atoms with Gasteiger partial charge in [-0.2, -0.15) is 0 Å². The molecule has 0 aliphatic heterocycles. The molecule has 0 aromatic rings. The lowest BCUT2D eigenvalue weighted by atomic mass is 10.1. The Morgan fingerprint density at radius 1 is 1.62 bits per heavy atom. The van der Waals surface area contributed by atoms with Gasteiger partial charge < -0.3 is 11.1 Å². The molecule has 13 heavy (non-hydrogen) atoms. The second-order valence-corrected chi connectivity index (χ2v) is 3.91. The van der Waals surface area contributed by atoms with E-state index in [9.17, 15) is 4.79 Å². The fourth-order valence-electron chi connectivity index (χ4n) is 1.55. The highest BCUT2D eigenvalue weighted by atomic mass is 16.2. The normalized spacial score (nSPS) is 28.2. The molecule has 0 radical (unpaired) electrons. The molecule has 3 N–H and O–H groups in total. The minimum Gasteiger partial charge on any atom is -0.353 e. The smallest absolute Gasteiger partial charge is 0.224 e. The van der Waals surface area contributed by atoms with Crippen LogP contribution >= 0.6 is 0 Å². The van der Waals surface area contributed by atoms with Crippen molar-refractivity contribution in [3.63, 3.8) is 0 Å². The number of rotatable bonds is 5. The third-order valence-electron chi connectivity index (χ3n) is 2.65. The number of nitrogens with two attached hydrogens (primary N) is 1. The minimum atomic E-state index is 0.103. The van der Waals surface area contributed by atoms with Crippen LogP contribution in [0.3, 0.4) is 0 Å². The van der Waals surface area contributed by atoms with Crippen molar-refractivity contribution in [3.05, 3.63) is 0 Å². The molecule has 3 heteroatoms. The maximum atomic E-state index is 11.5. The number of hydrogen-bond donors (Lipinski definition) is 2. The zero-order valence-corrected chi connectivity index (χ0v) is 8.55. The van der Waals surface area contributed by atoms with Crippen molar-refractivity contribution in [2.45, 2.75) is 51.6 Å². The zero-order valence-electron chi connectivity index (χ0n) is 8.55. The van der Waals surface area contributed by atoms with Crippen molar-refractivity contribution >= 4 is 5.91 Å². The molecular weight excluding hydrogens is 164 g/mol. The molecular formula is C10H20N2O. The predicted octanol–water partition coefficient (Wildman–Crippen LogP) is 1.03. The number of nitrogens with one attached hydrogen (secondary N) is 1. The first kappa shape index (κ1) is 10.5. The van der Waals surface area contributed by atoms with E-state index in [4.69, 9.17) is 5.73 Å². The Morgan fingerprint density at radius 2 is 2.23 bits per heavy atom. The van der Waals surface area contributed by atoms with Gasteiger partial charge in [-0.1, -0.05) is 20.3 Å². The highest BCUT2D eigenvalue weighted by Gasteiger charge is 2.40. The van der Waals surface area contributed by atoms with Gasteiger partial charge in [0.1, 0.15) is 0 Å². The summed E-state index contributed by atoms with van der Waals surface area (Å²) in [6, 6.07) is 0.476. The maximum Gasteiger partial charge on any atom is 0.224 e. The Balaban J connectivity index is 2.24. The first-order valence-electron chi connectivity index (χ1n) is 5.25. The Labute approximate surface area is 80.1 Å². The van der Waals surface area contributed by atoms with Gasteiger partial charge in [-0.25, -0.2) is 0 Å². The van der Waals surface area contributed by atoms with Crippen LogP contribution in [0.25, 0.3) is 0 Å². The molecule has 1 fully saturated rings. The largest absolute Gasteiger partial charge is 0.353 e. The summed E-state index contributed by atoms with van der Waals surface area (Å²) in [6.45, 7) is 4.24. The summed E-state index contributed by atoms with van der Waals surface area (Å²) in [5.74, 6) is 0.263. The third kappa shape index (κ3) is 2.99. The number of hydrogen-bond acceptors (Lipinski definition) is 2. The minimum absolute atomic E-state index is 0.103. The van der Waals surface area contributed by atoms with Crippen LogP contribution in [0.15, 0.2) is 0 Å². The topological polar surface area (TPSA) is 55.1 Å². The quantitative estimate of drug-likeness (QED) is 0.670. The highest BCUT2D eigenvalue weighted by Crippen LogP contribution is 2.27. The first-order valence-corrected chi connectivity index (χ1v) is 5.25. The van der Waals surface area contributed by atoms with Crippen LogP contribution in [-0.4, -0.2) is 18.0 Å². The Morgan fingerprint density at radius 3 is 2.62 bits per heavy atom. The Kier molecular flexibility index (Phi) is 3.72. The summed E-state index contributed by atoms with van der Waals surface area (Å²) >= 11 is 0. The van der Waals surface area contributed by atoms with Crippen molar-refractivity contribution < 1.29 is 4.79 Å². The molecule has 3 unspecified atom stereocenters. The molecule has 0 heterocycles. The fourth-order valence-corrected chi connectivity index (χ4v) is 1.55. The van der Waals surface area contributed by atoms with Crippen LogP contribution in [0.1, 0.15) is 39.5 Å². The average Bonchev–Trinajstić information content (AvgIpc) is 2.82. The van der Waals surface area contributed by atoms with Crippen LogP contribution in [0.4, 0.5) is 0 Å². The van der Waals surface area contributed by atoms with Gasteiger partial charge in [0.15, 0.2) is 0 Å². The zero-order chi connectivity index (χ0) is 9.84. The van der Waals surface area contributed by atoms with Crippen LogP contribution in [0.2, 0.25) is 0 Å². The molecule has 0 bridgehead atoms. The molecule has 0 saturated heterocycles. The number of carbonyl (C=O) groups excluding carboxylic acids is 1. The summed E-state index contributed by atoms with van der Waals surface area (Å²) in [7, 11) is 0. The van der Waals surface area contributed by atoms with E-state index in [0.29, 0.717) is 6.04 Å². The lowest BCUT2D eigenvalue weighted by molar-refractivity contribution is -0.123. The van der Waals surface area contributed by atoms with Crippen molar-refractivity contribution in [1.82, 2.24) is 5.32 Å². The fraction of sp³-hybridized carbons (Fsp3) is 0.900. The summed E-state index contributed by atoms with van der Waals surface area (Å²) < 4.78 is 0. The van der Waals surface area contributed by atoms with Crippen LogP contribution in [0, 0.1) is 5.92 Å². The molecule has 1 aliphatic rings. The van der Waals surface area contributed by atoms with E-state index in [0.717, 1.165) is 25.7 Å². The van der Waals surface area contributed by atoms with E-state index in [1.54, 1.807) is 0 Å². The van der Waals surface area contributed by atoms with E-state index < -0.39 is 0 Å². The number of carbonyl (C=O) groups is 1. The standard InChI is InChI=1S/C10H20N2O/c1-3-5-7(4-2)12-10(13)8-6-9(8)11/h7-9H,3-6,11H2,1-2H3,(H,12,13). The van der Waals surface area contributed by atoms with E-state index >= 15 is 0 Å². The van der Waals surface area contributed by atoms with Gasteiger partial charge in [-0.3, -0.25) is 4.79 Å². The van der Waals surface area contributed by atoms with E-state index in [-0.39, 0.29) is 17.9 Å². The van der Waals surface area contributed by atoms with E-state index in [1.165, 1.54) is 0 Å². The molecule has 0 aromatic heterocycles. The van der Waals surface area contributed by atoms with Gasteiger partial charge in [0, 0.05) is 12.1 Å². The number of amides is 1. The predicted molar refractivity (Wildman–Crippen MR) is 53.2 cm³/mol. The molecule has 1 rings (SSSR count). The Bertz CT molecular complexity index is 182. The van der Waals surface area contributed by atoms with Gasteiger partial charge in [0.2, 0.25) is 5.91 Å². The summed E-state index contributed by atoms with van der Waals surface area (Å²) in [5, 5.41) is 3.04. The summed E-state index contributed by atoms with van der Waals surface area (Å²) in [4.78, 5) is 11.5.